The van der Waals surface area contributed by atoms with Gasteiger partial charge in [-0.05, 0) is 36.3 Å². The van der Waals surface area contributed by atoms with Crippen molar-refractivity contribution in [3.8, 4) is 0 Å². The predicted octanol–water partition coefficient (Wildman–Crippen LogP) is 3.53. The van der Waals surface area contributed by atoms with E-state index < -0.39 is 6.43 Å². The van der Waals surface area contributed by atoms with Gasteiger partial charge in [-0.1, -0.05) is 6.92 Å². The van der Waals surface area contributed by atoms with E-state index in [1.54, 1.807) is 6.20 Å². The van der Waals surface area contributed by atoms with Crippen LogP contribution in [-0.4, -0.2) is 4.98 Å². The number of alkyl halides is 2. The maximum Gasteiger partial charge on any atom is 0.264 e. The molecule has 0 unspecified atom stereocenters. The Morgan fingerprint density at radius 3 is 2.64 bits per heavy atom. The predicted molar refractivity (Wildman–Crippen MR) is 50.3 cm³/mol. The number of nitrogens with zero attached hydrogens (tertiary/aromatic N) is 1. The van der Waals surface area contributed by atoms with Crippen molar-refractivity contribution in [1.82, 2.24) is 4.98 Å². The monoisotopic (exact) mass is 197 g/mol. The highest BCUT2D eigenvalue weighted by Crippen LogP contribution is 2.44. The van der Waals surface area contributed by atoms with Crippen molar-refractivity contribution in [1.29, 1.82) is 0 Å². The molecule has 1 aromatic heterocycles. The average Bonchev–Trinajstić information content (AvgIpc) is 3.00. The van der Waals surface area contributed by atoms with E-state index in [1.807, 2.05) is 6.92 Å². The fourth-order valence-electron chi connectivity index (χ4n) is 1.85. The van der Waals surface area contributed by atoms with Gasteiger partial charge in [0.15, 0.2) is 0 Å². The van der Waals surface area contributed by atoms with E-state index >= 15 is 0 Å². The second-order valence-corrected chi connectivity index (χ2v) is 3.93. The first-order chi connectivity index (χ1) is 6.70. The summed E-state index contributed by atoms with van der Waals surface area (Å²) in [6.07, 6.45) is 2.97. The standard InChI is InChI=1S/C11H13F2N/c1-7(8-2-3-8)10-6-14-5-4-9(10)11(12)13/h4-8,11H,2-3H2,1H3/t7-/m0/s1. The Bertz CT molecular complexity index is 321. The van der Waals surface area contributed by atoms with E-state index in [0.29, 0.717) is 5.92 Å². The Hall–Kier alpha value is -0.990. The molecule has 0 aliphatic heterocycles. The zero-order valence-electron chi connectivity index (χ0n) is 8.08. The smallest absolute Gasteiger partial charge is 0.264 e. The Morgan fingerprint density at radius 1 is 1.36 bits per heavy atom. The number of pyridine rings is 1. The van der Waals surface area contributed by atoms with Crippen LogP contribution in [0.3, 0.4) is 0 Å². The summed E-state index contributed by atoms with van der Waals surface area (Å²) in [5, 5.41) is 0. The number of aromatic nitrogens is 1. The molecule has 0 radical (unpaired) electrons. The summed E-state index contributed by atoms with van der Waals surface area (Å²) in [6, 6.07) is 1.43. The summed E-state index contributed by atoms with van der Waals surface area (Å²) in [6.45, 7) is 2.01. The van der Waals surface area contributed by atoms with Crippen LogP contribution < -0.4 is 0 Å². The fraction of sp³-hybridized carbons (Fsp3) is 0.545. The second-order valence-electron chi connectivity index (χ2n) is 3.93. The molecule has 0 aromatic carbocycles. The summed E-state index contributed by atoms with van der Waals surface area (Å²) in [7, 11) is 0. The Balaban J connectivity index is 2.30. The average molecular weight is 197 g/mol. The van der Waals surface area contributed by atoms with Crippen LogP contribution >= 0.6 is 0 Å². The van der Waals surface area contributed by atoms with Gasteiger partial charge >= 0.3 is 0 Å². The molecule has 1 saturated carbocycles. The molecule has 1 aliphatic carbocycles. The van der Waals surface area contributed by atoms with Crippen molar-refractivity contribution in [2.75, 3.05) is 0 Å². The van der Waals surface area contributed by atoms with Crippen LogP contribution in [0.1, 0.15) is 43.2 Å². The first-order valence-electron chi connectivity index (χ1n) is 4.92. The van der Waals surface area contributed by atoms with Crippen LogP contribution in [0, 0.1) is 5.92 Å². The molecule has 1 heterocycles. The molecule has 2 rings (SSSR count). The summed E-state index contributed by atoms with van der Waals surface area (Å²) in [5.41, 5.74) is 0.879. The lowest BCUT2D eigenvalue weighted by molar-refractivity contribution is 0.149. The third-order valence-corrected chi connectivity index (χ3v) is 2.94. The maximum absolute atomic E-state index is 12.6. The van der Waals surface area contributed by atoms with Crippen molar-refractivity contribution in [2.24, 2.45) is 5.92 Å². The molecule has 1 aliphatic rings. The van der Waals surface area contributed by atoms with Gasteiger partial charge in [-0.15, -0.1) is 0 Å². The highest BCUT2D eigenvalue weighted by molar-refractivity contribution is 5.29. The molecule has 1 aromatic rings. The lowest BCUT2D eigenvalue weighted by atomic mass is 9.94. The zero-order chi connectivity index (χ0) is 10.1. The molecule has 76 valence electrons. The van der Waals surface area contributed by atoms with Gasteiger partial charge in [0.25, 0.3) is 6.43 Å². The van der Waals surface area contributed by atoms with E-state index in [0.717, 1.165) is 5.56 Å². The minimum Gasteiger partial charge on any atom is -0.264 e. The molecule has 3 heteroatoms. The largest absolute Gasteiger partial charge is 0.264 e. The van der Waals surface area contributed by atoms with Crippen LogP contribution in [0.4, 0.5) is 8.78 Å². The molecule has 1 fully saturated rings. The highest BCUT2D eigenvalue weighted by atomic mass is 19.3. The SMILES string of the molecule is C[C@H](c1cnccc1C(F)F)C1CC1. The molecule has 14 heavy (non-hydrogen) atoms. The van der Waals surface area contributed by atoms with Crippen molar-refractivity contribution in [3.63, 3.8) is 0 Å². The van der Waals surface area contributed by atoms with E-state index in [2.05, 4.69) is 4.98 Å². The van der Waals surface area contributed by atoms with E-state index in [9.17, 15) is 8.78 Å². The molecule has 0 spiro atoms. The molecule has 1 nitrogen and oxygen atoms in total. The van der Waals surface area contributed by atoms with Crippen LogP contribution in [0.15, 0.2) is 18.5 Å². The zero-order valence-corrected chi connectivity index (χ0v) is 8.08. The van der Waals surface area contributed by atoms with Crippen LogP contribution in [0.5, 0.6) is 0 Å². The summed E-state index contributed by atoms with van der Waals surface area (Å²) < 4.78 is 25.3. The van der Waals surface area contributed by atoms with Crippen molar-refractivity contribution in [3.05, 3.63) is 29.6 Å². The lowest BCUT2D eigenvalue weighted by Crippen LogP contribution is -2.02. The van der Waals surface area contributed by atoms with Crippen LogP contribution in [0.25, 0.3) is 0 Å². The molecule has 0 N–H and O–H groups in total. The van der Waals surface area contributed by atoms with Crippen LogP contribution in [0.2, 0.25) is 0 Å². The number of hydrogen-bond donors (Lipinski definition) is 0. The minimum absolute atomic E-state index is 0.152. The van der Waals surface area contributed by atoms with Crippen molar-refractivity contribution < 1.29 is 8.78 Å². The Kier molecular flexibility index (Phi) is 2.48. The van der Waals surface area contributed by atoms with Gasteiger partial charge in [0, 0.05) is 18.0 Å². The normalized spacial score (nSPS) is 18.6. The number of rotatable bonds is 3. The van der Waals surface area contributed by atoms with Gasteiger partial charge in [0.2, 0.25) is 0 Å². The van der Waals surface area contributed by atoms with Crippen molar-refractivity contribution in [2.45, 2.75) is 32.1 Å². The van der Waals surface area contributed by atoms with Gasteiger partial charge in [-0.3, -0.25) is 4.98 Å². The minimum atomic E-state index is -2.38. The molecule has 0 saturated heterocycles. The maximum atomic E-state index is 12.6. The molecular weight excluding hydrogens is 184 g/mol. The molecular formula is C11H13F2N. The highest BCUT2D eigenvalue weighted by Gasteiger charge is 2.31. The van der Waals surface area contributed by atoms with Gasteiger partial charge in [-0.2, -0.15) is 0 Å². The molecule has 0 bridgehead atoms. The summed E-state index contributed by atoms with van der Waals surface area (Å²) in [5.74, 6) is 0.824. The lowest BCUT2D eigenvalue weighted by Gasteiger charge is -2.14. The van der Waals surface area contributed by atoms with E-state index in [4.69, 9.17) is 0 Å². The number of hydrogen-bond acceptors (Lipinski definition) is 1. The molecule has 1 atom stereocenters. The van der Waals surface area contributed by atoms with Gasteiger partial charge in [-0.25, -0.2) is 8.78 Å². The topological polar surface area (TPSA) is 12.9 Å². The first-order valence-corrected chi connectivity index (χ1v) is 4.92. The van der Waals surface area contributed by atoms with E-state index in [1.165, 1.54) is 25.1 Å². The summed E-state index contributed by atoms with van der Waals surface area (Å²) in [4.78, 5) is 3.93. The third kappa shape index (κ3) is 1.76. The summed E-state index contributed by atoms with van der Waals surface area (Å²) >= 11 is 0. The Labute approximate surface area is 82.2 Å². The third-order valence-electron chi connectivity index (χ3n) is 2.94. The van der Waals surface area contributed by atoms with Gasteiger partial charge in [0.05, 0.1) is 0 Å². The quantitative estimate of drug-likeness (QED) is 0.722. The number of halogens is 2. The molecule has 0 amide bonds. The van der Waals surface area contributed by atoms with Gasteiger partial charge in [0.1, 0.15) is 0 Å². The van der Waals surface area contributed by atoms with Crippen LogP contribution in [-0.2, 0) is 0 Å². The fourth-order valence-corrected chi connectivity index (χ4v) is 1.85. The van der Waals surface area contributed by atoms with E-state index in [-0.39, 0.29) is 11.5 Å². The first kappa shape index (κ1) is 9.56. The second kappa shape index (κ2) is 3.64. The van der Waals surface area contributed by atoms with Crippen molar-refractivity contribution >= 4 is 0 Å². The Morgan fingerprint density at radius 2 is 2.07 bits per heavy atom. The van der Waals surface area contributed by atoms with Gasteiger partial charge < -0.3 is 0 Å².